The molecule has 5 amide bonds. The average Bonchev–Trinajstić information content (AvgIpc) is 3.75. The molecule has 0 aliphatic carbocycles. The maximum Gasteiger partial charge on any atom is 0.326 e. The van der Waals surface area contributed by atoms with Gasteiger partial charge in [0, 0.05) is 19.4 Å². The van der Waals surface area contributed by atoms with Crippen LogP contribution in [0.4, 0.5) is 0 Å². The van der Waals surface area contributed by atoms with Gasteiger partial charge in [-0.05, 0) is 51.1 Å². The summed E-state index contributed by atoms with van der Waals surface area (Å²) in [4.78, 5) is 101. The fourth-order valence-corrected chi connectivity index (χ4v) is 5.59. The molecule has 0 unspecified atom stereocenters. The molecule has 3 rings (SSSR count). The van der Waals surface area contributed by atoms with Crippen molar-refractivity contribution < 1.29 is 53.7 Å². The van der Waals surface area contributed by atoms with Crippen molar-refractivity contribution in [3.8, 4) is 0 Å². The fraction of sp³-hybridized carbons (Fsp3) is 0.548. The standard InChI is InChI=1S/C31H42N6O11/c1-17(33-29(45)21(16-25(40)41)35-27(43)19-9-5-13-32-19)26(42)34-20(11-12-24(38)39)28(44)36-22(15-18-7-3-2-4-8-18)30(46)37-14-6-10-23(37)31(47)48/h2-4,7-8,17,19-23,32H,5-6,9-16H2,1H3,(H,33,45)(H,34,42)(H,35,43)(H,36,44)(H,38,39)(H,40,41)(H,47,48)/t17-,19-,20-,21-,22-,23-/m0/s1. The second-order valence-electron chi connectivity index (χ2n) is 11.8. The van der Waals surface area contributed by atoms with Crippen LogP contribution in [0.1, 0.15) is 57.4 Å². The van der Waals surface area contributed by atoms with Crippen LogP contribution in [0.5, 0.6) is 0 Å². The maximum atomic E-state index is 13.6. The van der Waals surface area contributed by atoms with E-state index in [0.717, 1.165) is 6.42 Å². The number of hydrogen-bond acceptors (Lipinski definition) is 9. The average molecular weight is 675 g/mol. The van der Waals surface area contributed by atoms with Gasteiger partial charge in [-0.25, -0.2) is 4.79 Å². The Morgan fingerprint density at radius 3 is 2.08 bits per heavy atom. The molecule has 6 atom stereocenters. The van der Waals surface area contributed by atoms with E-state index < -0.39 is 103 Å². The van der Waals surface area contributed by atoms with Gasteiger partial charge in [0.15, 0.2) is 0 Å². The van der Waals surface area contributed by atoms with E-state index in [1.165, 1.54) is 11.8 Å². The zero-order valence-electron chi connectivity index (χ0n) is 26.5. The Kier molecular flexibility index (Phi) is 13.8. The van der Waals surface area contributed by atoms with E-state index in [1.54, 1.807) is 30.3 Å². The first-order valence-electron chi connectivity index (χ1n) is 15.7. The van der Waals surface area contributed by atoms with E-state index in [0.29, 0.717) is 24.9 Å². The van der Waals surface area contributed by atoms with Crippen LogP contribution >= 0.6 is 0 Å². The summed E-state index contributed by atoms with van der Waals surface area (Å²) >= 11 is 0. The van der Waals surface area contributed by atoms with Gasteiger partial charge in [-0.3, -0.25) is 33.6 Å². The maximum absolute atomic E-state index is 13.6. The molecule has 17 heteroatoms. The largest absolute Gasteiger partial charge is 0.481 e. The molecular weight excluding hydrogens is 632 g/mol. The molecule has 2 aliphatic heterocycles. The molecule has 48 heavy (non-hydrogen) atoms. The van der Waals surface area contributed by atoms with Crippen LogP contribution in [0, 0.1) is 0 Å². The highest BCUT2D eigenvalue weighted by molar-refractivity contribution is 5.97. The Bertz CT molecular complexity index is 1370. The number of amides is 5. The van der Waals surface area contributed by atoms with E-state index in [9.17, 15) is 53.7 Å². The molecule has 2 saturated heterocycles. The number of aliphatic carboxylic acids is 3. The van der Waals surface area contributed by atoms with Gasteiger partial charge in [-0.15, -0.1) is 0 Å². The molecule has 0 aromatic heterocycles. The number of likely N-dealkylation sites (tertiary alicyclic amines) is 1. The molecule has 8 N–H and O–H groups in total. The summed E-state index contributed by atoms with van der Waals surface area (Å²) in [5.41, 5.74) is 0.649. The lowest BCUT2D eigenvalue weighted by Gasteiger charge is -2.29. The van der Waals surface area contributed by atoms with E-state index in [4.69, 9.17) is 0 Å². The Hall–Kier alpha value is -5.06. The molecule has 0 spiro atoms. The molecule has 2 aliphatic rings. The van der Waals surface area contributed by atoms with Crippen molar-refractivity contribution in [2.75, 3.05) is 13.1 Å². The second kappa shape index (κ2) is 17.7. The van der Waals surface area contributed by atoms with Crippen molar-refractivity contribution in [2.24, 2.45) is 0 Å². The molecule has 1 aromatic carbocycles. The van der Waals surface area contributed by atoms with Crippen LogP contribution in [0.25, 0.3) is 0 Å². The Morgan fingerprint density at radius 1 is 0.812 bits per heavy atom. The van der Waals surface area contributed by atoms with Crippen molar-refractivity contribution in [1.82, 2.24) is 31.5 Å². The van der Waals surface area contributed by atoms with Gasteiger partial charge in [0.1, 0.15) is 30.2 Å². The first-order chi connectivity index (χ1) is 22.8. The molecule has 2 fully saturated rings. The van der Waals surface area contributed by atoms with Crippen LogP contribution in [-0.2, 0) is 44.8 Å². The molecular formula is C31H42N6O11. The monoisotopic (exact) mass is 674 g/mol. The lowest BCUT2D eigenvalue weighted by Crippen LogP contribution is -2.59. The zero-order valence-corrected chi connectivity index (χ0v) is 26.5. The van der Waals surface area contributed by atoms with Gasteiger partial charge >= 0.3 is 17.9 Å². The lowest BCUT2D eigenvalue weighted by molar-refractivity contribution is -0.149. The van der Waals surface area contributed by atoms with Crippen molar-refractivity contribution in [3.63, 3.8) is 0 Å². The summed E-state index contributed by atoms with van der Waals surface area (Å²) in [6, 6.07) is 1.32. The van der Waals surface area contributed by atoms with Gasteiger partial charge in [0.2, 0.25) is 29.5 Å². The number of carboxylic acids is 3. The van der Waals surface area contributed by atoms with Crippen molar-refractivity contribution in [2.45, 2.75) is 94.5 Å². The topological polar surface area (TPSA) is 261 Å². The minimum absolute atomic E-state index is 0.0205. The van der Waals surface area contributed by atoms with Crippen LogP contribution < -0.4 is 26.6 Å². The van der Waals surface area contributed by atoms with Gasteiger partial charge in [-0.1, -0.05) is 30.3 Å². The summed E-state index contributed by atoms with van der Waals surface area (Å²) in [5.74, 6) is -7.86. The van der Waals surface area contributed by atoms with E-state index in [-0.39, 0.29) is 19.4 Å². The van der Waals surface area contributed by atoms with Crippen molar-refractivity contribution in [1.29, 1.82) is 0 Å². The smallest absolute Gasteiger partial charge is 0.326 e. The summed E-state index contributed by atoms with van der Waals surface area (Å²) < 4.78 is 0. The minimum atomic E-state index is -1.51. The van der Waals surface area contributed by atoms with E-state index >= 15 is 0 Å². The highest BCUT2D eigenvalue weighted by Crippen LogP contribution is 2.20. The van der Waals surface area contributed by atoms with Crippen LogP contribution in [0.3, 0.4) is 0 Å². The van der Waals surface area contributed by atoms with Crippen LogP contribution in [0.2, 0.25) is 0 Å². The normalized spacial score (nSPS) is 19.6. The highest BCUT2D eigenvalue weighted by Gasteiger charge is 2.39. The molecule has 0 bridgehead atoms. The van der Waals surface area contributed by atoms with Gasteiger partial charge in [-0.2, -0.15) is 0 Å². The quantitative estimate of drug-likeness (QED) is 0.0925. The van der Waals surface area contributed by atoms with Crippen LogP contribution in [-0.4, -0.2) is 117 Å². The third-order valence-corrected chi connectivity index (χ3v) is 8.14. The number of nitrogens with one attached hydrogen (secondary N) is 5. The number of hydrogen-bond donors (Lipinski definition) is 8. The number of nitrogens with zero attached hydrogens (tertiary/aromatic N) is 1. The number of rotatable bonds is 17. The predicted molar refractivity (Wildman–Crippen MR) is 166 cm³/mol. The van der Waals surface area contributed by atoms with Gasteiger partial charge < -0.3 is 46.8 Å². The third-order valence-electron chi connectivity index (χ3n) is 8.14. The fourth-order valence-electron chi connectivity index (χ4n) is 5.59. The van der Waals surface area contributed by atoms with Crippen LogP contribution in [0.15, 0.2) is 30.3 Å². The van der Waals surface area contributed by atoms with Gasteiger partial charge in [0.05, 0.1) is 12.5 Å². The number of carbonyl (C=O) groups excluding carboxylic acids is 5. The van der Waals surface area contributed by atoms with Crippen molar-refractivity contribution in [3.05, 3.63) is 35.9 Å². The van der Waals surface area contributed by atoms with Gasteiger partial charge in [0.25, 0.3) is 0 Å². The first kappa shape index (κ1) is 37.4. The Labute approximate surface area is 276 Å². The minimum Gasteiger partial charge on any atom is -0.481 e. The highest BCUT2D eigenvalue weighted by atomic mass is 16.4. The summed E-state index contributed by atoms with van der Waals surface area (Å²) in [6.45, 7) is 2.00. The Morgan fingerprint density at radius 2 is 1.48 bits per heavy atom. The molecule has 262 valence electrons. The molecule has 2 heterocycles. The lowest BCUT2D eigenvalue weighted by atomic mass is 10.0. The summed E-state index contributed by atoms with van der Waals surface area (Å²) in [7, 11) is 0. The predicted octanol–water partition coefficient (Wildman–Crippen LogP) is -1.64. The number of benzene rings is 1. The first-order valence-corrected chi connectivity index (χ1v) is 15.7. The molecule has 1 aromatic rings. The van der Waals surface area contributed by atoms with Crippen molar-refractivity contribution >= 4 is 47.4 Å². The molecule has 0 saturated carbocycles. The Balaban J connectivity index is 1.73. The SMILES string of the molecule is C[C@H](NC(=O)[C@H](CC(=O)O)NC(=O)[C@@H]1CCCN1)C(=O)N[C@@H](CCC(=O)O)C(=O)N[C@@H](Cc1ccccc1)C(=O)N1CCC[C@H]1C(=O)O. The van der Waals surface area contributed by atoms with E-state index in [2.05, 4.69) is 26.6 Å². The number of carbonyl (C=O) groups is 8. The molecule has 0 radical (unpaired) electrons. The van der Waals surface area contributed by atoms with E-state index in [1.807, 2.05) is 0 Å². The number of carboxylic acid groups (broad SMARTS) is 3. The second-order valence-corrected chi connectivity index (χ2v) is 11.8. The molecule has 17 nitrogen and oxygen atoms in total. The third kappa shape index (κ3) is 11.0. The summed E-state index contributed by atoms with van der Waals surface area (Å²) in [6.07, 6.45) is 0.184. The summed E-state index contributed by atoms with van der Waals surface area (Å²) in [5, 5.41) is 40.8. The zero-order chi connectivity index (χ0) is 35.4.